The summed E-state index contributed by atoms with van der Waals surface area (Å²) in [6.07, 6.45) is 2.81. The number of amides is 1. The fourth-order valence-electron chi connectivity index (χ4n) is 4.15. The van der Waals surface area contributed by atoms with E-state index >= 15 is 0 Å². The van der Waals surface area contributed by atoms with Crippen molar-refractivity contribution in [2.45, 2.75) is 31.4 Å². The van der Waals surface area contributed by atoms with E-state index in [0.717, 1.165) is 47.4 Å². The molecule has 0 unspecified atom stereocenters. The Morgan fingerprint density at radius 3 is 2.68 bits per heavy atom. The number of nitrogens with zero attached hydrogens (tertiary/aromatic N) is 2. The zero-order chi connectivity index (χ0) is 19.3. The maximum Gasteiger partial charge on any atom is 0.272 e. The van der Waals surface area contributed by atoms with Crippen LogP contribution < -0.4 is 10.1 Å². The van der Waals surface area contributed by atoms with Crippen LogP contribution in [0.3, 0.4) is 0 Å². The summed E-state index contributed by atoms with van der Waals surface area (Å²) < 4.78 is 21.2. The minimum atomic E-state index is -0.472. The Labute approximate surface area is 162 Å². The molecule has 5 rings (SSSR count). The molecule has 1 fully saturated rings. The number of hydrogen-bond acceptors (Lipinski definition) is 3. The number of carbonyl (C=O) groups excluding carboxylic acids is 1. The van der Waals surface area contributed by atoms with Crippen LogP contribution in [0, 0.1) is 5.82 Å². The SMILES string of the molecule is Cn1nc(C(=O)NCc2ccc(F)cc2)c2c1-c1ccccc1OC21CCC1. The third-order valence-corrected chi connectivity index (χ3v) is 5.69. The first-order valence-corrected chi connectivity index (χ1v) is 9.46. The Hall–Kier alpha value is -3.15. The van der Waals surface area contributed by atoms with E-state index in [4.69, 9.17) is 4.74 Å². The first-order chi connectivity index (χ1) is 13.6. The number of halogens is 1. The molecule has 5 nitrogen and oxygen atoms in total. The Kier molecular flexibility index (Phi) is 3.75. The number of fused-ring (bicyclic) bond motifs is 4. The summed E-state index contributed by atoms with van der Waals surface area (Å²) in [7, 11) is 1.87. The van der Waals surface area contributed by atoms with Gasteiger partial charge in [0.15, 0.2) is 5.69 Å². The second kappa shape index (κ2) is 6.19. The van der Waals surface area contributed by atoms with E-state index in [9.17, 15) is 9.18 Å². The lowest BCUT2D eigenvalue weighted by Gasteiger charge is -2.45. The molecule has 2 heterocycles. The predicted octanol–water partition coefficient (Wildman–Crippen LogP) is 3.93. The molecule has 2 aliphatic rings. The van der Waals surface area contributed by atoms with Crippen LogP contribution in [0.1, 0.15) is 40.9 Å². The Morgan fingerprint density at radius 1 is 1.21 bits per heavy atom. The lowest BCUT2D eigenvalue weighted by molar-refractivity contribution is -0.0151. The lowest BCUT2D eigenvalue weighted by atomic mass is 9.71. The predicted molar refractivity (Wildman–Crippen MR) is 102 cm³/mol. The number of ether oxygens (including phenoxy) is 1. The summed E-state index contributed by atoms with van der Waals surface area (Å²) in [6.45, 7) is 0.314. The molecule has 1 amide bonds. The summed E-state index contributed by atoms with van der Waals surface area (Å²) >= 11 is 0. The Morgan fingerprint density at radius 2 is 1.96 bits per heavy atom. The van der Waals surface area contributed by atoms with Crippen molar-refractivity contribution in [3.8, 4) is 17.0 Å². The molecule has 0 saturated heterocycles. The molecule has 1 aliphatic carbocycles. The zero-order valence-electron chi connectivity index (χ0n) is 15.5. The molecule has 0 atom stereocenters. The molecule has 3 aromatic rings. The lowest BCUT2D eigenvalue weighted by Crippen LogP contribution is -2.44. The summed E-state index contributed by atoms with van der Waals surface area (Å²) in [5, 5.41) is 7.47. The fraction of sp³-hybridized carbons (Fsp3) is 0.273. The highest BCUT2D eigenvalue weighted by atomic mass is 19.1. The summed E-state index contributed by atoms with van der Waals surface area (Å²) in [5.41, 5.74) is 3.57. The molecule has 0 bridgehead atoms. The minimum absolute atomic E-state index is 0.240. The summed E-state index contributed by atoms with van der Waals surface area (Å²) in [5.74, 6) is 0.308. The average molecular weight is 377 g/mol. The van der Waals surface area contributed by atoms with Crippen molar-refractivity contribution in [3.63, 3.8) is 0 Å². The molecule has 2 aromatic carbocycles. The number of carbonyl (C=O) groups is 1. The van der Waals surface area contributed by atoms with Crippen LogP contribution in [-0.4, -0.2) is 15.7 Å². The van der Waals surface area contributed by atoms with Crippen LogP contribution in [0.5, 0.6) is 5.75 Å². The van der Waals surface area contributed by atoms with Crippen molar-refractivity contribution in [3.05, 3.63) is 71.2 Å². The second-order valence-electron chi connectivity index (χ2n) is 7.45. The van der Waals surface area contributed by atoms with Gasteiger partial charge in [-0.05, 0) is 49.1 Å². The van der Waals surface area contributed by atoms with Gasteiger partial charge in [-0.25, -0.2) is 4.39 Å². The largest absolute Gasteiger partial charge is 0.482 e. The molecular weight excluding hydrogens is 357 g/mol. The Balaban J connectivity index is 1.52. The van der Waals surface area contributed by atoms with Gasteiger partial charge < -0.3 is 10.1 Å². The molecule has 1 N–H and O–H groups in total. The maximum atomic E-state index is 13.1. The van der Waals surface area contributed by atoms with E-state index in [2.05, 4.69) is 10.4 Å². The second-order valence-corrected chi connectivity index (χ2v) is 7.45. The van der Waals surface area contributed by atoms with Crippen molar-refractivity contribution in [1.29, 1.82) is 0 Å². The number of para-hydroxylation sites is 1. The van der Waals surface area contributed by atoms with Gasteiger partial charge in [-0.3, -0.25) is 9.48 Å². The first-order valence-electron chi connectivity index (χ1n) is 9.46. The molecule has 28 heavy (non-hydrogen) atoms. The summed E-state index contributed by atoms with van der Waals surface area (Å²) in [6, 6.07) is 14.0. The monoisotopic (exact) mass is 377 g/mol. The van der Waals surface area contributed by atoms with Crippen molar-refractivity contribution in [1.82, 2.24) is 15.1 Å². The van der Waals surface area contributed by atoms with Gasteiger partial charge in [-0.15, -0.1) is 0 Å². The van der Waals surface area contributed by atoms with Gasteiger partial charge in [0.1, 0.15) is 17.2 Å². The number of nitrogens with one attached hydrogen (secondary N) is 1. The standard InChI is InChI=1S/C22H20FN3O2/c1-26-20-16-5-2-3-6-17(16)28-22(11-4-12-22)18(20)19(25-26)21(27)24-13-14-7-9-15(23)10-8-14/h2-3,5-10H,4,11-13H2,1H3,(H,24,27). The highest BCUT2D eigenvalue weighted by molar-refractivity contribution is 5.97. The fourth-order valence-corrected chi connectivity index (χ4v) is 4.15. The maximum absolute atomic E-state index is 13.1. The van der Waals surface area contributed by atoms with E-state index in [1.54, 1.807) is 16.8 Å². The third kappa shape index (κ3) is 2.52. The van der Waals surface area contributed by atoms with Crippen LogP contribution in [0.4, 0.5) is 4.39 Å². The van der Waals surface area contributed by atoms with Gasteiger partial charge in [0, 0.05) is 19.2 Å². The molecule has 1 saturated carbocycles. The van der Waals surface area contributed by atoms with Gasteiger partial charge in [-0.2, -0.15) is 5.10 Å². The average Bonchev–Trinajstić information content (AvgIpc) is 3.03. The van der Waals surface area contributed by atoms with Crippen LogP contribution in [0.2, 0.25) is 0 Å². The van der Waals surface area contributed by atoms with E-state index in [0.29, 0.717) is 12.2 Å². The van der Waals surface area contributed by atoms with E-state index in [-0.39, 0.29) is 11.7 Å². The molecule has 1 aliphatic heterocycles. The number of aromatic nitrogens is 2. The zero-order valence-corrected chi connectivity index (χ0v) is 15.5. The molecular formula is C22H20FN3O2. The van der Waals surface area contributed by atoms with Crippen LogP contribution >= 0.6 is 0 Å². The van der Waals surface area contributed by atoms with Gasteiger partial charge in [-0.1, -0.05) is 24.3 Å². The highest BCUT2D eigenvalue weighted by Crippen LogP contribution is 2.54. The van der Waals surface area contributed by atoms with Gasteiger partial charge in [0.25, 0.3) is 5.91 Å². The number of rotatable bonds is 3. The van der Waals surface area contributed by atoms with E-state index in [1.165, 1.54) is 12.1 Å². The van der Waals surface area contributed by atoms with Crippen LogP contribution in [-0.2, 0) is 19.2 Å². The van der Waals surface area contributed by atoms with Crippen molar-refractivity contribution in [2.75, 3.05) is 0 Å². The van der Waals surface area contributed by atoms with Crippen molar-refractivity contribution < 1.29 is 13.9 Å². The van der Waals surface area contributed by atoms with Gasteiger partial charge in [0.05, 0.1) is 11.3 Å². The van der Waals surface area contributed by atoms with Crippen molar-refractivity contribution >= 4 is 5.91 Å². The number of benzene rings is 2. The van der Waals surface area contributed by atoms with Gasteiger partial charge in [0.2, 0.25) is 0 Å². The van der Waals surface area contributed by atoms with Crippen LogP contribution in [0.15, 0.2) is 48.5 Å². The van der Waals surface area contributed by atoms with Crippen LogP contribution in [0.25, 0.3) is 11.3 Å². The van der Waals surface area contributed by atoms with Crippen molar-refractivity contribution in [2.24, 2.45) is 7.05 Å². The third-order valence-electron chi connectivity index (χ3n) is 5.69. The quantitative estimate of drug-likeness (QED) is 0.753. The first kappa shape index (κ1) is 17.0. The number of aryl methyl sites for hydroxylation is 1. The van der Waals surface area contributed by atoms with Gasteiger partial charge >= 0.3 is 0 Å². The molecule has 142 valence electrons. The normalized spacial score (nSPS) is 15.9. The Bertz CT molecular complexity index is 1070. The molecule has 1 spiro atoms. The highest BCUT2D eigenvalue weighted by Gasteiger charge is 2.50. The summed E-state index contributed by atoms with van der Waals surface area (Å²) in [4.78, 5) is 13.0. The number of hydrogen-bond donors (Lipinski definition) is 1. The molecule has 0 radical (unpaired) electrons. The molecule has 6 heteroatoms. The topological polar surface area (TPSA) is 56.2 Å². The molecule has 1 aromatic heterocycles. The van der Waals surface area contributed by atoms with E-state index < -0.39 is 5.60 Å². The minimum Gasteiger partial charge on any atom is -0.482 e. The smallest absolute Gasteiger partial charge is 0.272 e. The van der Waals surface area contributed by atoms with E-state index in [1.807, 2.05) is 31.3 Å².